The fraction of sp³-hybridized carbons (Fsp3) is 0.400. The van der Waals surface area contributed by atoms with Crippen LogP contribution >= 0.6 is 0 Å². The van der Waals surface area contributed by atoms with Gasteiger partial charge in [-0.05, 0) is 43.0 Å². The molecule has 0 saturated heterocycles. The average molecular weight is 490 g/mol. The highest BCUT2D eigenvalue weighted by Crippen LogP contribution is 2.22. The zero-order chi connectivity index (χ0) is 26.7. The molecule has 0 saturated carbocycles. The van der Waals surface area contributed by atoms with Gasteiger partial charge in [-0.3, -0.25) is 9.80 Å². The molecule has 2 aromatic carbocycles. The Bertz CT molecular complexity index is 1050. The first kappa shape index (κ1) is 29.0. The monoisotopic (exact) mass is 489 g/mol. The van der Waals surface area contributed by atoms with E-state index < -0.39 is 0 Å². The van der Waals surface area contributed by atoms with Gasteiger partial charge < -0.3 is 10.4 Å². The Morgan fingerprint density at radius 3 is 1.86 bits per heavy atom. The summed E-state index contributed by atoms with van der Waals surface area (Å²) in [5, 5.41) is 16.5. The standard InChI is InChI=1S/C30H43N5O/c1-8-16-29(25-17-12-10-13-18-25)34(6)32(4)22-27(24(3)9-2)21-28(31)23-33(5)35(7)30(36)26-19-14-11-15-20-26/h10-20,31H,8-9,21-23H2,1-7H3/b27-24+,29-16-,31-28?. The van der Waals surface area contributed by atoms with Crippen LogP contribution in [0.2, 0.25) is 0 Å². The van der Waals surface area contributed by atoms with E-state index >= 15 is 0 Å². The van der Waals surface area contributed by atoms with Crippen LogP contribution < -0.4 is 0 Å². The SMILES string of the molecule is CC/C=C(/c1ccccc1)N(C)N(C)C/C(CC(=N)CN(C)N(C)C(=O)c1ccccc1)=C(\C)CC. The van der Waals surface area contributed by atoms with Crippen molar-refractivity contribution in [3.63, 3.8) is 0 Å². The quantitative estimate of drug-likeness (QED) is 0.214. The summed E-state index contributed by atoms with van der Waals surface area (Å²) in [6.07, 6.45) is 4.72. The summed E-state index contributed by atoms with van der Waals surface area (Å²) in [4.78, 5) is 12.8. The Hall–Kier alpha value is -3.22. The smallest absolute Gasteiger partial charge is 0.267 e. The minimum Gasteiger partial charge on any atom is -0.309 e. The highest BCUT2D eigenvalue weighted by atomic mass is 16.2. The van der Waals surface area contributed by atoms with E-state index in [0.29, 0.717) is 24.2 Å². The Morgan fingerprint density at radius 2 is 1.33 bits per heavy atom. The van der Waals surface area contributed by atoms with Gasteiger partial charge in [0.05, 0.1) is 12.2 Å². The molecule has 1 amide bonds. The number of benzene rings is 2. The second kappa shape index (κ2) is 14.4. The van der Waals surface area contributed by atoms with Crippen molar-refractivity contribution in [2.45, 2.75) is 40.0 Å². The molecule has 0 aliphatic rings. The highest BCUT2D eigenvalue weighted by molar-refractivity contribution is 5.94. The van der Waals surface area contributed by atoms with Crippen molar-refractivity contribution in [3.05, 3.63) is 89.0 Å². The number of hydrogen-bond donors (Lipinski definition) is 1. The number of hydrogen-bond acceptors (Lipinski definition) is 5. The van der Waals surface area contributed by atoms with Crippen LogP contribution in [0.1, 0.15) is 56.0 Å². The van der Waals surface area contributed by atoms with Crippen LogP contribution in [-0.2, 0) is 0 Å². The lowest BCUT2D eigenvalue weighted by molar-refractivity contribution is 0.0289. The molecule has 0 aliphatic heterocycles. The van der Waals surface area contributed by atoms with Crippen LogP contribution in [0.4, 0.5) is 0 Å². The van der Waals surface area contributed by atoms with Gasteiger partial charge in [0.25, 0.3) is 5.91 Å². The molecular formula is C30H43N5O. The molecule has 0 heterocycles. The van der Waals surface area contributed by atoms with Crippen molar-refractivity contribution in [1.82, 2.24) is 20.0 Å². The number of allylic oxidation sites excluding steroid dienone is 2. The summed E-state index contributed by atoms with van der Waals surface area (Å²) in [5.74, 6) is -0.0797. The van der Waals surface area contributed by atoms with E-state index in [2.05, 4.69) is 75.2 Å². The Labute approximate surface area is 218 Å². The van der Waals surface area contributed by atoms with E-state index in [0.717, 1.165) is 19.4 Å². The van der Waals surface area contributed by atoms with Crippen molar-refractivity contribution >= 4 is 17.3 Å². The van der Waals surface area contributed by atoms with Crippen LogP contribution in [-0.4, -0.2) is 72.9 Å². The lowest BCUT2D eigenvalue weighted by Gasteiger charge is -2.34. The molecule has 194 valence electrons. The van der Waals surface area contributed by atoms with Crippen molar-refractivity contribution < 1.29 is 4.79 Å². The molecule has 6 nitrogen and oxygen atoms in total. The van der Waals surface area contributed by atoms with Crippen molar-refractivity contribution in [2.24, 2.45) is 0 Å². The molecule has 0 aliphatic carbocycles. The van der Waals surface area contributed by atoms with E-state index in [9.17, 15) is 4.79 Å². The summed E-state index contributed by atoms with van der Waals surface area (Å²) < 4.78 is 0. The number of carbonyl (C=O) groups is 1. The molecule has 36 heavy (non-hydrogen) atoms. The number of amides is 1. The lowest BCUT2D eigenvalue weighted by atomic mass is 10.0. The second-order valence-corrected chi connectivity index (χ2v) is 9.23. The number of likely N-dealkylation sites (N-methyl/N-ethyl adjacent to an activating group) is 1. The molecule has 2 rings (SSSR count). The Kier molecular flexibility index (Phi) is 11.6. The summed E-state index contributed by atoms with van der Waals surface area (Å²) in [6, 6.07) is 19.7. The third-order valence-electron chi connectivity index (χ3n) is 6.55. The van der Waals surface area contributed by atoms with E-state index in [1.54, 1.807) is 12.1 Å². The molecule has 2 aromatic rings. The topological polar surface area (TPSA) is 53.9 Å². The van der Waals surface area contributed by atoms with E-state index in [-0.39, 0.29) is 5.91 Å². The Morgan fingerprint density at radius 1 is 0.806 bits per heavy atom. The first-order valence-electron chi connectivity index (χ1n) is 12.7. The lowest BCUT2D eigenvalue weighted by Crippen LogP contribution is -2.44. The van der Waals surface area contributed by atoms with Crippen LogP contribution in [0.15, 0.2) is 77.9 Å². The van der Waals surface area contributed by atoms with Gasteiger partial charge in [0, 0.05) is 52.4 Å². The van der Waals surface area contributed by atoms with Gasteiger partial charge >= 0.3 is 0 Å². The van der Waals surface area contributed by atoms with Crippen molar-refractivity contribution in [2.75, 3.05) is 41.3 Å². The van der Waals surface area contributed by atoms with Crippen molar-refractivity contribution in [3.8, 4) is 0 Å². The van der Waals surface area contributed by atoms with Crippen LogP contribution in [0.25, 0.3) is 5.70 Å². The molecule has 6 heteroatoms. The minimum absolute atomic E-state index is 0.0797. The molecule has 0 spiro atoms. The molecule has 1 N–H and O–H groups in total. The maximum Gasteiger partial charge on any atom is 0.267 e. The molecule has 0 unspecified atom stereocenters. The third-order valence-corrected chi connectivity index (χ3v) is 6.55. The van der Waals surface area contributed by atoms with Gasteiger partial charge in [-0.25, -0.2) is 10.0 Å². The first-order valence-corrected chi connectivity index (χ1v) is 12.7. The molecule has 0 fully saturated rings. The highest BCUT2D eigenvalue weighted by Gasteiger charge is 2.19. The van der Waals surface area contributed by atoms with Gasteiger partial charge in [-0.2, -0.15) is 0 Å². The number of carbonyl (C=O) groups excluding carboxylic acids is 1. The van der Waals surface area contributed by atoms with Gasteiger partial charge in [0.1, 0.15) is 0 Å². The molecule has 0 bridgehead atoms. The number of nitrogens with one attached hydrogen (secondary N) is 1. The summed E-state index contributed by atoms with van der Waals surface area (Å²) in [7, 11) is 7.80. The number of nitrogens with zero attached hydrogens (tertiary/aromatic N) is 4. The average Bonchev–Trinajstić information content (AvgIpc) is 2.90. The van der Waals surface area contributed by atoms with E-state index in [4.69, 9.17) is 5.41 Å². The summed E-state index contributed by atoms with van der Waals surface area (Å²) in [6.45, 7) is 7.59. The molecular weight excluding hydrogens is 446 g/mol. The first-order chi connectivity index (χ1) is 17.2. The largest absolute Gasteiger partial charge is 0.309 e. The summed E-state index contributed by atoms with van der Waals surface area (Å²) in [5.41, 5.74) is 6.12. The Balaban J connectivity index is 2.08. The van der Waals surface area contributed by atoms with Gasteiger partial charge in [-0.1, -0.05) is 74.0 Å². The van der Waals surface area contributed by atoms with Crippen LogP contribution in [0.3, 0.4) is 0 Å². The molecule has 0 radical (unpaired) electrons. The summed E-state index contributed by atoms with van der Waals surface area (Å²) >= 11 is 0. The molecule has 0 atom stereocenters. The normalized spacial score (nSPS) is 12.5. The fourth-order valence-electron chi connectivity index (χ4n) is 4.02. The van der Waals surface area contributed by atoms with E-state index in [1.165, 1.54) is 22.4 Å². The van der Waals surface area contributed by atoms with Crippen molar-refractivity contribution in [1.29, 1.82) is 5.41 Å². The van der Waals surface area contributed by atoms with Gasteiger partial charge in [0.15, 0.2) is 0 Å². The predicted molar refractivity (Wildman–Crippen MR) is 152 cm³/mol. The maximum atomic E-state index is 12.8. The minimum atomic E-state index is -0.0797. The second-order valence-electron chi connectivity index (χ2n) is 9.23. The third kappa shape index (κ3) is 8.18. The van der Waals surface area contributed by atoms with Crippen LogP contribution in [0, 0.1) is 5.41 Å². The predicted octanol–water partition coefficient (Wildman–Crippen LogP) is 5.97. The van der Waals surface area contributed by atoms with Gasteiger partial charge in [-0.15, -0.1) is 0 Å². The zero-order valence-electron chi connectivity index (χ0n) is 23.1. The van der Waals surface area contributed by atoms with E-state index in [1.807, 2.05) is 48.5 Å². The van der Waals surface area contributed by atoms with Crippen LogP contribution in [0.5, 0.6) is 0 Å². The number of rotatable bonds is 13. The maximum absolute atomic E-state index is 12.8. The molecule has 0 aromatic heterocycles. The van der Waals surface area contributed by atoms with Gasteiger partial charge in [0.2, 0.25) is 0 Å². The number of hydrazine groups is 2. The fourth-order valence-corrected chi connectivity index (χ4v) is 4.02. The zero-order valence-corrected chi connectivity index (χ0v) is 23.1.